The lowest BCUT2D eigenvalue weighted by molar-refractivity contribution is -0.140. The minimum absolute atomic E-state index is 0.0668. The van der Waals surface area contributed by atoms with Crippen molar-refractivity contribution in [2.45, 2.75) is 19.1 Å². The third-order valence-electron chi connectivity index (χ3n) is 5.60. The summed E-state index contributed by atoms with van der Waals surface area (Å²) in [7, 11) is 0. The van der Waals surface area contributed by atoms with Crippen LogP contribution in [0.4, 0.5) is 20.3 Å². The summed E-state index contributed by atoms with van der Waals surface area (Å²) >= 11 is 0. The van der Waals surface area contributed by atoms with Crippen LogP contribution in [0.2, 0.25) is 0 Å². The number of nitrogens with one attached hydrogen (secondary N) is 2. The molecule has 2 aliphatic heterocycles. The van der Waals surface area contributed by atoms with E-state index in [2.05, 4.69) is 20.6 Å². The number of carbonyl (C=O) groups is 2. The molecule has 3 heterocycles. The van der Waals surface area contributed by atoms with Gasteiger partial charge in [-0.15, -0.1) is 0 Å². The fourth-order valence-corrected chi connectivity index (χ4v) is 3.83. The first-order valence-electron chi connectivity index (χ1n) is 10.3. The van der Waals surface area contributed by atoms with E-state index in [1.165, 1.54) is 6.07 Å². The zero-order valence-electron chi connectivity index (χ0n) is 17.3. The van der Waals surface area contributed by atoms with E-state index in [9.17, 15) is 23.5 Å². The molecule has 0 bridgehead atoms. The van der Waals surface area contributed by atoms with Crippen molar-refractivity contribution in [3.63, 3.8) is 0 Å². The standard InChI is InChI=1S/C23H19F2N5O3/c24-15-2-1-3-16(25)19(15)21-28-17-9-26-23(33)20(17)22(29-21)27-13-6-4-12(5-7-13)8-18(32)30-10-14(31)11-30/h1-7,14,31H,8-11H2,(H,26,33)(H,27,28,29). The quantitative estimate of drug-likeness (QED) is 0.549. The van der Waals surface area contributed by atoms with E-state index in [0.29, 0.717) is 24.5 Å². The highest BCUT2D eigenvalue weighted by molar-refractivity contribution is 6.03. The Hall–Kier alpha value is -3.92. The van der Waals surface area contributed by atoms with E-state index >= 15 is 0 Å². The number of aliphatic hydroxyl groups excluding tert-OH is 1. The summed E-state index contributed by atoms with van der Waals surface area (Å²) in [4.78, 5) is 34.5. The second-order valence-electron chi connectivity index (χ2n) is 7.95. The summed E-state index contributed by atoms with van der Waals surface area (Å²) in [5.41, 5.74) is 1.55. The first-order valence-corrected chi connectivity index (χ1v) is 10.3. The fourth-order valence-electron chi connectivity index (χ4n) is 3.83. The number of aliphatic hydroxyl groups is 1. The maximum Gasteiger partial charge on any atom is 0.257 e. The number of likely N-dealkylation sites (tertiary alicyclic amines) is 1. The molecule has 33 heavy (non-hydrogen) atoms. The van der Waals surface area contributed by atoms with Crippen molar-refractivity contribution in [2.24, 2.45) is 0 Å². The van der Waals surface area contributed by atoms with Crippen molar-refractivity contribution in [3.8, 4) is 11.4 Å². The summed E-state index contributed by atoms with van der Waals surface area (Å²) < 4.78 is 28.6. The average molecular weight is 451 g/mol. The average Bonchev–Trinajstić information content (AvgIpc) is 3.14. The highest BCUT2D eigenvalue weighted by Gasteiger charge is 2.29. The number of aromatic nitrogens is 2. The number of amides is 2. The van der Waals surface area contributed by atoms with E-state index in [4.69, 9.17) is 0 Å². The maximum atomic E-state index is 14.3. The zero-order valence-corrected chi connectivity index (χ0v) is 17.3. The van der Waals surface area contributed by atoms with Crippen LogP contribution < -0.4 is 10.6 Å². The monoisotopic (exact) mass is 451 g/mol. The summed E-state index contributed by atoms with van der Waals surface area (Å²) in [6.07, 6.45) is -0.246. The maximum absolute atomic E-state index is 14.3. The van der Waals surface area contributed by atoms with Crippen LogP contribution >= 0.6 is 0 Å². The highest BCUT2D eigenvalue weighted by Crippen LogP contribution is 2.30. The van der Waals surface area contributed by atoms with Gasteiger partial charge >= 0.3 is 0 Å². The molecule has 0 aliphatic carbocycles. The molecule has 1 fully saturated rings. The second-order valence-corrected chi connectivity index (χ2v) is 7.95. The number of carbonyl (C=O) groups excluding carboxylic acids is 2. The number of benzene rings is 2. The Morgan fingerprint density at radius 1 is 1.09 bits per heavy atom. The number of β-amino-alcohol motifs (C(OH)–C–C–N with tert-alkyl or cyclic N) is 1. The molecule has 8 nitrogen and oxygen atoms in total. The van der Waals surface area contributed by atoms with Gasteiger partial charge in [-0.05, 0) is 29.8 Å². The third-order valence-corrected chi connectivity index (χ3v) is 5.60. The van der Waals surface area contributed by atoms with Crippen LogP contribution in [0, 0.1) is 11.6 Å². The van der Waals surface area contributed by atoms with Gasteiger partial charge in [-0.1, -0.05) is 18.2 Å². The van der Waals surface area contributed by atoms with Crippen molar-refractivity contribution in [1.29, 1.82) is 0 Å². The molecule has 1 aromatic heterocycles. The Labute approximate surface area is 187 Å². The Kier molecular flexibility index (Phi) is 5.21. The van der Waals surface area contributed by atoms with Gasteiger partial charge in [0.1, 0.15) is 23.0 Å². The number of halogens is 2. The zero-order chi connectivity index (χ0) is 23.1. The fraction of sp³-hybridized carbons (Fsp3) is 0.217. The second kappa shape index (κ2) is 8.21. The Morgan fingerprint density at radius 3 is 2.45 bits per heavy atom. The molecule has 2 aliphatic rings. The van der Waals surface area contributed by atoms with Crippen LogP contribution in [0.1, 0.15) is 21.6 Å². The largest absolute Gasteiger partial charge is 0.389 e. The van der Waals surface area contributed by atoms with Crippen LogP contribution in [0.3, 0.4) is 0 Å². The molecule has 0 radical (unpaired) electrons. The minimum atomic E-state index is -0.804. The van der Waals surface area contributed by atoms with Gasteiger partial charge in [0.25, 0.3) is 5.91 Å². The highest BCUT2D eigenvalue weighted by atomic mass is 19.1. The van der Waals surface area contributed by atoms with E-state index in [-0.39, 0.29) is 47.5 Å². The molecule has 1 saturated heterocycles. The molecule has 0 spiro atoms. The van der Waals surface area contributed by atoms with Crippen molar-refractivity contribution >= 4 is 23.3 Å². The van der Waals surface area contributed by atoms with Crippen molar-refractivity contribution in [2.75, 3.05) is 18.4 Å². The number of rotatable bonds is 5. The number of fused-ring (bicyclic) bond motifs is 1. The van der Waals surface area contributed by atoms with Crippen molar-refractivity contribution in [1.82, 2.24) is 20.2 Å². The van der Waals surface area contributed by atoms with Gasteiger partial charge in [-0.3, -0.25) is 9.59 Å². The van der Waals surface area contributed by atoms with Crippen LogP contribution in [0.5, 0.6) is 0 Å². The number of anilines is 2. The molecule has 0 unspecified atom stereocenters. The molecule has 2 aromatic carbocycles. The SMILES string of the molecule is O=C1NCc2nc(-c3c(F)cccc3F)nc(Nc3ccc(CC(=O)N4CC(O)C4)cc3)c21. The molecule has 2 amide bonds. The Bertz CT molecular complexity index is 1240. The first kappa shape index (κ1) is 21.0. The lowest BCUT2D eigenvalue weighted by Crippen LogP contribution is -2.53. The smallest absolute Gasteiger partial charge is 0.257 e. The van der Waals surface area contributed by atoms with Crippen LogP contribution in [0.25, 0.3) is 11.4 Å². The van der Waals surface area contributed by atoms with Gasteiger partial charge in [-0.25, -0.2) is 18.7 Å². The van der Waals surface area contributed by atoms with Gasteiger partial charge in [0.2, 0.25) is 5.91 Å². The lowest BCUT2D eigenvalue weighted by atomic mass is 10.1. The minimum Gasteiger partial charge on any atom is -0.389 e. The van der Waals surface area contributed by atoms with Crippen LogP contribution in [-0.4, -0.2) is 51.0 Å². The first-order chi connectivity index (χ1) is 15.9. The summed E-state index contributed by atoms with van der Waals surface area (Å²) in [6, 6.07) is 10.4. The molecule has 0 saturated carbocycles. The number of hydrogen-bond donors (Lipinski definition) is 3. The van der Waals surface area contributed by atoms with Gasteiger partial charge in [0.15, 0.2) is 5.82 Å². The van der Waals surface area contributed by atoms with Crippen LogP contribution in [0.15, 0.2) is 42.5 Å². The van der Waals surface area contributed by atoms with E-state index < -0.39 is 17.7 Å². The third kappa shape index (κ3) is 4.00. The van der Waals surface area contributed by atoms with Crippen LogP contribution in [-0.2, 0) is 17.8 Å². The molecule has 5 rings (SSSR count). The molecule has 10 heteroatoms. The Morgan fingerprint density at radius 2 is 1.79 bits per heavy atom. The van der Waals surface area contributed by atoms with Crippen molar-refractivity contribution in [3.05, 3.63) is 70.9 Å². The van der Waals surface area contributed by atoms with Gasteiger partial charge in [-0.2, -0.15) is 0 Å². The predicted octanol–water partition coefficient (Wildman–Crippen LogP) is 2.15. The summed E-state index contributed by atoms with van der Waals surface area (Å²) in [5, 5.41) is 15.0. The molecule has 0 atom stereocenters. The van der Waals surface area contributed by atoms with E-state index in [1.807, 2.05) is 0 Å². The van der Waals surface area contributed by atoms with Gasteiger partial charge in [0.05, 0.1) is 30.3 Å². The normalized spacial score (nSPS) is 15.1. The lowest BCUT2D eigenvalue weighted by Gasteiger charge is -2.35. The number of hydrogen-bond acceptors (Lipinski definition) is 6. The van der Waals surface area contributed by atoms with E-state index in [0.717, 1.165) is 17.7 Å². The van der Waals surface area contributed by atoms with Gasteiger partial charge in [0, 0.05) is 18.8 Å². The molecule has 168 valence electrons. The molecular formula is C23H19F2N5O3. The molecular weight excluding hydrogens is 432 g/mol. The number of nitrogens with zero attached hydrogens (tertiary/aromatic N) is 3. The molecule has 3 N–H and O–H groups in total. The molecule has 3 aromatic rings. The topological polar surface area (TPSA) is 107 Å². The summed E-state index contributed by atoms with van der Waals surface area (Å²) in [5.74, 6) is -2.09. The predicted molar refractivity (Wildman–Crippen MR) is 115 cm³/mol. The van der Waals surface area contributed by atoms with E-state index in [1.54, 1.807) is 29.2 Å². The summed E-state index contributed by atoms with van der Waals surface area (Å²) in [6.45, 7) is 0.829. The van der Waals surface area contributed by atoms with Gasteiger partial charge < -0.3 is 20.6 Å². The van der Waals surface area contributed by atoms with Crippen molar-refractivity contribution < 1.29 is 23.5 Å². The Balaban J connectivity index is 1.42.